The molecule has 29 heavy (non-hydrogen) atoms. The summed E-state index contributed by atoms with van der Waals surface area (Å²) >= 11 is 1.58. The summed E-state index contributed by atoms with van der Waals surface area (Å²) in [6, 6.07) is 19.3. The summed E-state index contributed by atoms with van der Waals surface area (Å²) < 4.78 is 10.6. The van der Waals surface area contributed by atoms with E-state index in [0.29, 0.717) is 17.0 Å². The standard InChI is InChI=1S/C23H15NO4S/c25-22(15-27-19-9-7-17-8-11-23(26)28-21(17)14-19)24-18-4-1-3-16(13-18)6-10-20-5-2-12-29-20/h1-5,7-9,11-14H,15H2,(H,24,25). The summed E-state index contributed by atoms with van der Waals surface area (Å²) in [5.41, 5.74) is 1.42. The highest BCUT2D eigenvalue weighted by atomic mass is 32.1. The van der Waals surface area contributed by atoms with Gasteiger partial charge >= 0.3 is 5.63 Å². The van der Waals surface area contributed by atoms with Crippen molar-refractivity contribution in [3.8, 4) is 17.6 Å². The molecule has 0 aliphatic carbocycles. The summed E-state index contributed by atoms with van der Waals surface area (Å²) in [7, 11) is 0. The van der Waals surface area contributed by atoms with Crippen LogP contribution in [0.2, 0.25) is 0 Å². The highest BCUT2D eigenvalue weighted by molar-refractivity contribution is 7.10. The number of carbonyl (C=O) groups excluding carboxylic acids is 1. The van der Waals surface area contributed by atoms with Gasteiger partial charge in [0, 0.05) is 28.8 Å². The zero-order valence-corrected chi connectivity index (χ0v) is 16.0. The predicted octanol–water partition coefficient (Wildman–Crippen LogP) is 4.27. The summed E-state index contributed by atoms with van der Waals surface area (Å²) in [6.07, 6.45) is 0. The maximum absolute atomic E-state index is 12.2. The first-order valence-electron chi connectivity index (χ1n) is 8.78. The molecule has 0 radical (unpaired) electrons. The van der Waals surface area contributed by atoms with Crippen molar-refractivity contribution >= 4 is 33.9 Å². The molecule has 0 aliphatic rings. The van der Waals surface area contributed by atoms with Crippen LogP contribution in [0.15, 0.2) is 81.3 Å². The number of rotatable bonds is 4. The Morgan fingerprint density at radius 2 is 1.93 bits per heavy atom. The molecule has 5 nitrogen and oxygen atoms in total. The molecule has 1 N–H and O–H groups in total. The molecule has 2 aromatic heterocycles. The van der Waals surface area contributed by atoms with Crippen LogP contribution in [0.3, 0.4) is 0 Å². The lowest BCUT2D eigenvalue weighted by Crippen LogP contribution is -2.20. The number of carbonyl (C=O) groups is 1. The van der Waals surface area contributed by atoms with E-state index < -0.39 is 5.63 Å². The van der Waals surface area contributed by atoms with Gasteiger partial charge in [0.05, 0.1) is 4.88 Å². The summed E-state index contributed by atoms with van der Waals surface area (Å²) in [4.78, 5) is 24.5. The van der Waals surface area contributed by atoms with Crippen molar-refractivity contribution in [3.05, 3.63) is 93.0 Å². The number of amides is 1. The second-order valence-corrected chi connectivity index (χ2v) is 7.05. The van der Waals surface area contributed by atoms with Crippen molar-refractivity contribution in [3.63, 3.8) is 0 Å². The van der Waals surface area contributed by atoms with Crippen LogP contribution in [0.1, 0.15) is 10.4 Å². The van der Waals surface area contributed by atoms with Crippen molar-refractivity contribution in [2.45, 2.75) is 0 Å². The molecule has 1 amide bonds. The number of hydrogen-bond acceptors (Lipinski definition) is 5. The van der Waals surface area contributed by atoms with E-state index in [9.17, 15) is 9.59 Å². The van der Waals surface area contributed by atoms with Gasteiger partial charge in [-0.05, 0) is 47.8 Å². The molecule has 0 saturated carbocycles. The van der Waals surface area contributed by atoms with Gasteiger partial charge in [-0.15, -0.1) is 11.3 Å². The molecule has 4 rings (SSSR count). The molecule has 0 atom stereocenters. The van der Waals surface area contributed by atoms with E-state index in [2.05, 4.69) is 17.2 Å². The smallest absolute Gasteiger partial charge is 0.336 e. The normalized spacial score (nSPS) is 10.2. The number of anilines is 1. The van der Waals surface area contributed by atoms with E-state index in [1.54, 1.807) is 41.7 Å². The molecule has 0 saturated heterocycles. The lowest BCUT2D eigenvalue weighted by molar-refractivity contribution is -0.118. The van der Waals surface area contributed by atoms with Crippen molar-refractivity contribution < 1.29 is 13.9 Å². The fourth-order valence-electron chi connectivity index (χ4n) is 2.63. The Bertz CT molecular complexity index is 1280. The van der Waals surface area contributed by atoms with Crippen molar-refractivity contribution in [1.29, 1.82) is 0 Å². The van der Waals surface area contributed by atoms with E-state index in [4.69, 9.17) is 9.15 Å². The summed E-state index contributed by atoms with van der Waals surface area (Å²) in [5, 5.41) is 5.55. The van der Waals surface area contributed by atoms with E-state index in [1.807, 2.05) is 35.7 Å². The lowest BCUT2D eigenvalue weighted by atomic mass is 10.2. The molecule has 0 aliphatic heterocycles. The van der Waals surface area contributed by atoms with Crippen LogP contribution < -0.4 is 15.7 Å². The van der Waals surface area contributed by atoms with Crippen molar-refractivity contribution in [2.75, 3.05) is 11.9 Å². The minimum atomic E-state index is -0.436. The summed E-state index contributed by atoms with van der Waals surface area (Å²) in [5.74, 6) is 6.31. The molecular formula is C23H15NO4S. The van der Waals surface area contributed by atoms with Crippen LogP contribution >= 0.6 is 11.3 Å². The van der Waals surface area contributed by atoms with Gasteiger partial charge in [-0.2, -0.15) is 0 Å². The molecule has 6 heteroatoms. The zero-order valence-electron chi connectivity index (χ0n) is 15.2. The van der Waals surface area contributed by atoms with Gasteiger partial charge < -0.3 is 14.5 Å². The van der Waals surface area contributed by atoms with E-state index >= 15 is 0 Å². The fraction of sp³-hybridized carbons (Fsp3) is 0.0435. The Balaban J connectivity index is 1.38. The molecule has 0 fully saturated rings. The third-order valence-electron chi connectivity index (χ3n) is 3.96. The van der Waals surface area contributed by atoms with Gasteiger partial charge in [-0.3, -0.25) is 4.79 Å². The molecule has 142 valence electrons. The van der Waals surface area contributed by atoms with Crippen LogP contribution in [0.4, 0.5) is 5.69 Å². The number of ether oxygens (including phenoxy) is 1. The first-order valence-corrected chi connectivity index (χ1v) is 9.66. The number of hydrogen-bond donors (Lipinski definition) is 1. The van der Waals surface area contributed by atoms with Gasteiger partial charge in [0.2, 0.25) is 0 Å². The minimum absolute atomic E-state index is 0.173. The quantitative estimate of drug-likeness (QED) is 0.410. The second-order valence-electron chi connectivity index (χ2n) is 6.10. The van der Waals surface area contributed by atoms with E-state index in [0.717, 1.165) is 15.8 Å². The number of fused-ring (bicyclic) bond motifs is 1. The average molecular weight is 401 g/mol. The highest BCUT2D eigenvalue weighted by Crippen LogP contribution is 2.19. The first-order chi connectivity index (χ1) is 14.2. The average Bonchev–Trinajstić information content (AvgIpc) is 3.24. The molecule has 0 unspecified atom stereocenters. The number of nitrogens with one attached hydrogen (secondary N) is 1. The molecular weight excluding hydrogens is 386 g/mol. The third-order valence-corrected chi connectivity index (χ3v) is 4.75. The zero-order chi connectivity index (χ0) is 20.1. The fourth-order valence-corrected chi connectivity index (χ4v) is 3.21. The Hall–Kier alpha value is -3.82. The van der Waals surface area contributed by atoms with Crippen LogP contribution in [-0.4, -0.2) is 12.5 Å². The largest absolute Gasteiger partial charge is 0.484 e. The first kappa shape index (κ1) is 18.5. The maximum Gasteiger partial charge on any atom is 0.336 e. The Morgan fingerprint density at radius 1 is 1.03 bits per heavy atom. The van der Waals surface area contributed by atoms with Crippen LogP contribution in [0.25, 0.3) is 11.0 Å². The van der Waals surface area contributed by atoms with Crippen LogP contribution in [0, 0.1) is 11.8 Å². The Kier molecular flexibility index (Phi) is 5.41. The van der Waals surface area contributed by atoms with Gasteiger partial charge in [0.1, 0.15) is 11.3 Å². The van der Waals surface area contributed by atoms with Gasteiger partial charge in [-0.1, -0.05) is 24.0 Å². The summed E-state index contributed by atoms with van der Waals surface area (Å²) in [6.45, 7) is -0.173. The predicted molar refractivity (Wildman–Crippen MR) is 113 cm³/mol. The van der Waals surface area contributed by atoms with Gasteiger partial charge in [0.15, 0.2) is 6.61 Å². The molecule has 4 aromatic rings. The van der Waals surface area contributed by atoms with Crippen molar-refractivity contribution in [1.82, 2.24) is 0 Å². The van der Waals surface area contributed by atoms with Crippen LogP contribution in [-0.2, 0) is 4.79 Å². The third kappa shape index (κ3) is 4.92. The number of benzene rings is 2. The Morgan fingerprint density at radius 3 is 2.79 bits per heavy atom. The molecule has 0 bridgehead atoms. The molecule has 0 spiro atoms. The SMILES string of the molecule is O=C(COc1ccc2ccc(=O)oc2c1)Nc1cccc(C#Cc2cccs2)c1. The topological polar surface area (TPSA) is 68.5 Å². The lowest BCUT2D eigenvalue weighted by Gasteiger charge is -2.08. The van der Waals surface area contributed by atoms with E-state index in [1.165, 1.54) is 6.07 Å². The Labute approximate surface area is 170 Å². The molecule has 2 aromatic carbocycles. The van der Waals surface area contributed by atoms with Crippen molar-refractivity contribution in [2.24, 2.45) is 0 Å². The van der Waals surface area contributed by atoms with Crippen LogP contribution in [0.5, 0.6) is 5.75 Å². The second kappa shape index (κ2) is 8.46. The van der Waals surface area contributed by atoms with Gasteiger partial charge in [-0.25, -0.2) is 4.79 Å². The highest BCUT2D eigenvalue weighted by Gasteiger charge is 2.06. The molecule has 2 heterocycles. The maximum atomic E-state index is 12.2. The van der Waals surface area contributed by atoms with E-state index in [-0.39, 0.29) is 12.5 Å². The minimum Gasteiger partial charge on any atom is -0.484 e. The number of thiophene rings is 1. The monoisotopic (exact) mass is 401 g/mol. The van der Waals surface area contributed by atoms with Gasteiger partial charge in [0.25, 0.3) is 5.91 Å².